The molecule has 3 aromatic rings. The van der Waals surface area contributed by atoms with E-state index in [-0.39, 0.29) is 47.7 Å². The molecule has 2 aliphatic heterocycles. The number of alkyl halides is 3. The number of carbonyl (C=O) groups is 1. The molecule has 3 unspecified atom stereocenters. The van der Waals surface area contributed by atoms with Gasteiger partial charge in [0, 0.05) is 59.9 Å². The number of benzene rings is 2. The highest BCUT2D eigenvalue weighted by Gasteiger charge is 2.53. The first-order chi connectivity index (χ1) is 19.4. The Labute approximate surface area is 242 Å². The van der Waals surface area contributed by atoms with Gasteiger partial charge in [0.25, 0.3) is 0 Å². The second kappa shape index (κ2) is 10.4. The molecule has 3 aliphatic rings. The van der Waals surface area contributed by atoms with Crippen molar-refractivity contribution in [2.75, 3.05) is 17.2 Å². The van der Waals surface area contributed by atoms with Crippen molar-refractivity contribution in [2.24, 2.45) is 0 Å². The minimum atomic E-state index is -3.81. The summed E-state index contributed by atoms with van der Waals surface area (Å²) in [5.41, 5.74) is 1.04. The first-order valence-corrected chi connectivity index (χ1v) is 15.7. The summed E-state index contributed by atoms with van der Waals surface area (Å²) in [7, 11) is -3.29. The number of Topliss-reactive ketones (excluding diaryl/α,β-unsaturated/α-hetero) is 1. The number of nitrogens with one attached hydrogen (secondary N) is 1. The average molecular weight is 605 g/mol. The number of ether oxygens (including phenoxy) is 1. The van der Waals surface area contributed by atoms with E-state index < -0.39 is 15.6 Å². The van der Waals surface area contributed by atoms with Crippen molar-refractivity contribution in [3.05, 3.63) is 65.4 Å². The van der Waals surface area contributed by atoms with Crippen LogP contribution in [0.15, 0.2) is 48.7 Å². The van der Waals surface area contributed by atoms with Crippen LogP contribution in [0, 0.1) is 0 Å². The van der Waals surface area contributed by atoms with Crippen molar-refractivity contribution in [1.82, 2.24) is 14.5 Å². The lowest BCUT2D eigenvalue weighted by Crippen LogP contribution is -2.51. The van der Waals surface area contributed by atoms with Crippen LogP contribution in [0.25, 0.3) is 11.3 Å². The van der Waals surface area contributed by atoms with E-state index in [0.29, 0.717) is 24.1 Å². The van der Waals surface area contributed by atoms with Crippen molar-refractivity contribution < 1.29 is 26.7 Å². The van der Waals surface area contributed by atoms with Gasteiger partial charge in [0.1, 0.15) is 5.75 Å². The summed E-state index contributed by atoms with van der Waals surface area (Å²) in [6.07, 6.45) is 3.97. The lowest BCUT2D eigenvalue weighted by molar-refractivity contribution is -0.0964. The van der Waals surface area contributed by atoms with E-state index in [2.05, 4.69) is 33.7 Å². The summed E-state index contributed by atoms with van der Waals surface area (Å²) in [6.45, 7) is 4.77. The fourth-order valence-electron chi connectivity index (χ4n) is 6.87. The number of fused-ring (bicyclic) bond motifs is 3. The number of aromatic amines is 1. The van der Waals surface area contributed by atoms with E-state index in [1.165, 1.54) is 12.1 Å². The second-order valence-corrected chi connectivity index (χ2v) is 13.7. The Balaban J connectivity index is 1.37. The third-order valence-corrected chi connectivity index (χ3v) is 10.4. The lowest BCUT2D eigenvalue weighted by Gasteiger charge is -2.38. The highest BCUT2D eigenvalue weighted by atomic mass is 35.5. The zero-order chi connectivity index (χ0) is 29.1. The van der Waals surface area contributed by atoms with E-state index in [1.54, 1.807) is 22.6 Å². The summed E-state index contributed by atoms with van der Waals surface area (Å²) >= 11 is 4.85. The molecule has 12 heteroatoms. The maximum atomic E-state index is 13.6. The minimum Gasteiger partial charge on any atom is -0.420 e. The van der Waals surface area contributed by atoms with Crippen molar-refractivity contribution in [1.29, 1.82) is 0 Å². The lowest BCUT2D eigenvalue weighted by atomic mass is 9.90. The molecule has 2 fully saturated rings. The molecule has 0 amide bonds. The zero-order valence-electron chi connectivity index (χ0n) is 22.7. The van der Waals surface area contributed by atoms with Crippen molar-refractivity contribution in [2.45, 2.75) is 69.1 Å². The fourth-order valence-corrected chi connectivity index (χ4v) is 8.74. The first-order valence-electron chi connectivity index (χ1n) is 13.8. The molecule has 3 atom stereocenters. The molecule has 1 aliphatic carbocycles. The summed E-state index contributed by atoms with van der Waals surface area (Å²) in [5, 5.41) is 7.20. The summed E-state index contributed by atoms with van der Waals surface area (Å²) in [6, 6.07) is 11.5. The van der Waals surface area contributed by atoms with Gasteiger partial charge >= 0.3 is 5.57 Å². The van der Waals surface area contributed by atoms with Gasteiger partial charge in [-0.2, -0.15) is 9.40 Å². The third-order valence-electron chi connectivity index (χ3n) is 8.40. The quantitative estimate of drug-likeness (QED) is 0.268. The number of hydrogen-bond acceptors (Lipinski definition) is 6. The van der Waals surface area contributed by atoms with Crippen LogP contribution < -0.4 is 9.64 Å². The van der Waals surface area contributed by atoms with Gasteiger partial charge in [0.2, 0.25) is 10.0 Å². The highest BCUT2D eigenvalue weighted by Crippen LogP contribution is 2.55. The standard InChI is InChI=1S/C29H31ClF2N4O4S/c1-17(2)36-27-22(21-8-9-25(28(21)36)35-12-3-13-41(35,38)39)15-19(16-23(27)24-10-11-33-34-24)26(37)14-18-4-6-20(7-5-18)40-29(30,31)32/h4-7,10-11,15-17,21,25,28H,3,8-9,12-14H2,1-2H3,(H,33,34). The van der Waals surface area contributed by atoms with Gasteiger partial charge < -0.3 is 9.64 Å². The molecular formula is C29H31ClF2N4O4S. The van der Waals surface area contributed by atoms with Crippen LogP contribution in [0.5, 0.6) is 5.75 Å². The molecule has 1 aromatic heterocycles. The number of sulfonamides is 1. The molecule has 8 nitrogen and oxygen atoms in total. The molecule has 218 valence electrons. The van der Waals surface area contributed by atoms with Gasteiger partial charge in [-0.25, -0.2) is 8.42 Å². The maximum absolute atomic E-state index is 13.6. The zero-order valence-corrected chi connectivity index (χ0v) is 24.3. The van der Waals surface area contributed by atoms with E-state index in [0.717, 1.165) is 35.3 Å². The summed E-state index contributed by atoms with van der Waals surface area (Å²) in [4.78, 5) is 16.0. The van der Waals surface area contributed by atoms with Crippen LogP contribution in [-0.2, 0) is 16.4 Å². The Morgan fingerprint density at radius 1 is 1.20 bits per heavy atom. The van der Waals surface area contributed by atoms with Crippen LogP contribution in [-0.4, -0.2) is 64.7 Å². The Morgan fingerprint density at radius 2 is 1.95 bits per heavy atom. The molecule has 2 aromatic carbocycles. The van der Waals surface area contributed by atoms with Gasteiger partial charge in [-0.1, -0.05) is 12.1 Å². The predicted octanol–water partition coefficient (Wildman–Crippen LogP) is 5.55. The van der Waals surface area contributed by atoms with E-state index in [4.69, 9.17) is 11.6 Å². The van der Waals surface area contributed by atoms with Crippen molar-refractivity contribution >= 4 is 33.1 Å². The van der Waals surface area contributed by atoms with Gasteiger partial charge in [-0.05, 0) is 74.6 Å². The third kappa shape index (κ3) is 5.23. The van der Waals surface area contributed by atoms with Crippen LogP contribution in [0.4, 0.5) is 14.5 Å². The molecule has 1 saturated heterocycles. The number of nitrogens with zero attached hydrogens (tertiary/aromatic N) is 3. The predicted molar refractivity (Wildman–Crippen MR) is 152 cm³/mol. The number of carbonyl (C=O) groups excluding carboxylic acids is 1. The number of aromatic nitrogens is 2. The Kier molecular flexibility index (Phi) is 7.10. The molecule has 41 heavy (non-hydrogen) atoms. The number of ketones is 1. The smallest absolute Gasteiger partial charge is 0.420 e. The van der Waals surface area contributed by atoms with Crippen molar-refractivity contribution in [3.63, 3.8) is 0 Å². The SMILES string of the molecule is CC(C)N1c2c(-c3ccn[nH]3)cc(C(=O)Cc3ccc(OC(F)(F)Cl)cc3)cc2C2CCC(N3CCCS3(=O)=O)C21. The van der Waals surface area contributed by atoms with Crippen molar-refractivity contribution in [3.8, 4) is 17.0 Å². The molecule has 1 saturated carbocycles. The van der Waals surface area contributed by atoms with E-state index in [9.17, 15) is 22.0 Å². The van der Waals surface area contributed by atoms with Gasteiger partial charge in [0.05, 0.1) is 23.2 Å². The fraction of sp³-hybridized carbons (Fsp3) is 0.448. The highest BCUT2D eigenvalue weighted by molar-refractivity contribution is 7.89. The molecule has 0 spiro atoms. The second-order valence-electron chi connectivity index (χ2n) is 11.2. The number of H-pyrrole nitrogens is 1. The van der Waals surface area contributed by atoms with Crippen LogP contribution in [0.1, 0.15) is 60.5 Å². The molecule has 3 heterocycles. The Morgan fingerprint density at radius 3 is 2.56 bits per heavy atom. The molecule has 1 N–H and O–H groups in total. The normalized spacial score (nSPS) is 23.7. The topological polar surface area (TPSA) is 95.6 Å². The molecular weight excluding hydrogens is 574 g/mol. The number of hydrogen-bond donors (Lipinski definition) is 1. The van der Waals surface area contributed by atoms with Crippen LogP contribution in [0.2, 0.25) is 0 Å². The minimum absolute atomic E-state index is 0.0301. The largest absolute Gasteiger partial charge is 0.487 e. The Hall–Kier alpha value is -3.02. The molecule has 6 rings (SSSR count). The average Bonchev–Trinajstić information content (AvgIpc) is 3.68. The molecule has 0 radical (unpaired) electrons. The number of rotatable bonds is 8. The van der Waals surface area contributed by atoms with Gasteiger partial charge in [-0.3, -0.25) is 9.89 Å². The monoisotopic (exact) mass is 604 g/mol. The first kappa shape index (κ1) is 28.1. The van der Waals surface area contributed by atoms with Gasteiger partial charge in [0.15, 0.2) is 5.78 Å². The molecule has 0 bridgehead atoms. The Bertz CT molecular complexity index is 1560. The number of halogens is 3. The maximum Gasteiger partial charge on any atom is 0.487 e. The summed E-state index contributed by atoms with van der Waals surface area (Å²) < 4.78 is 57.9. The van der Waals surface area contributed by atoms with Crippen LogP contribution in [0.3, 0.4) is 0 Å². The van der Waals surface area contributed by atoms with Crippen LogP contribution >= 0.6 is 11.6 Å². The van der Waals surface area contributed by atoms with E-state index in [1.807, 2.05) is 18.2 Å². The van der Waals surface area contributed by atoms with E-state index >= 15 is 0 Å². The number of anilines is 1. The van der Waals surface area contributed by atoms with Gasteiger partial charge in [-0.15, -0.1) is 8.78 Å². The summed E-state index contributed by atoms with van der Waals surface area (Å²) in [5.74, 6) is 0.0443.